The van der Waals surface area contributed by atoms with Crippen LogP contribution in [0.4, 0.5) is 36.3 Å². The fourth-order valence-corrected chi connectivity index (χ4v) is 3.49. The number of piperidine rings is 1. The smallest absolute Gasteiger partial charge is 0.417 e. The third kappa shape index (κ3) is 5.15. The van der Waals surface area contributed by atoms with Crippen molar-refractivity contribution in [2.45, 2.75) is 25.9 Å². The number of hydrogen-bond donors (Lipinski definition) is 1. The molecule has 1 atom stereocenters. The van der Waals surface area contributed by atoms with Crippen molar-refractivity contribution >= 4 is 40.7 Å². The minimum atomic E-state index is -4.65. The third-order valence-corrected chi connectivity index (χ3v) is 5.02. The summed E-state index contributed by atoms with van der Waals surface area (Å²) in [6.45, 7) is 2.48. The van der Waals surface area contributed by atoms with Gasteiger partial charge in [0.25, 0.3) is 0 Å². The van der Waals surface area contributed by atoms with E-state index in [0.29, 0.717) is 31.6 Å². The van der Waals surface area contributed by atoms with Gasteiger partial charge in [0, 0.05) is 19.3 Å². The molecule has 2 aromatic heterocycles. The predicted octanol–water partition coefficient (Wildman–Crippen LogP) is 3.98. The first-order valence-corrected chi connectivity index (χ1v) is 9.90. The average molecular weight is 475 g/mol. The van der Waals surface area contributed by atoms with E-state index in [4.69, 9.17) is 16.3 Å². The van der Waals surface area contributed by atoms with Crippen molar-refractivity contribution in [1.29, 1.82) is 0 Å². The van der Waals surface area contributed by atoms with Crippen molar-refractivity contribution in [3.63, 3.8) is 0 Å². The number of nitrogens with zero attached hydrogens (tertiary/aromatic N) is 5. The maximum absolute atomic E-state index is 12.8. The van der Waals surface area contributed by atoms with E-state index in [2.05, 4.69) is 20.3 Å². The van der Waals surface area contributed by atoms with Gasteiger partial charge in [-0.1, -0.05) is 11.6 Å². The maximum atomic E-state index is 12.8. The number of pyridine rings is 1. The van der Waals surface area contributed by atoms with E-state index in [1.54, 1.807) is 11.8 Å². The van der Waals surface area contributed by atoms with Crippen LogP contribution in [-0.2, 0) is 15.7 Å². The molecule has 1 fully saturated rings. The van der Waals surface area contributed by atoms with Crippen LogP contribution >= 0.6 is 11.6 Å². The van der Waals surface area contributed by atoms with E-state index in [0.717, 1.165) is 6.33 Å². The molecule has 1 aliphatic rings. The fourth-order valence-electron chi connectivity index (χ4n) is 3.28. The second kappa shape index (κ2) is 9.51. The molecule has 32 heavy (non-hydrogen) atoms. The summed E-state index contributed by atoms with van der Waals surface area (Å²) in [6.07, 6.45) is -1.87. The van der Waals surface area contributed by atoms with Crippen molar-refractivity contribution in [1.82, 2.24) is 15.0 Å². The number of rotatable bonds is 6. The lowest BCUT2D eigenvalue weighted by Crippen LogP contribution is -2.40. The van der Waals surface area contributed by atoms with Gasteiger partial charge in [0.1, 0.15) is 6.33 Å². The molecule has 0 radical (unpaired) electrons. The molecule has 2 aromatic rings. The molecule has 0 aromatic carbocycles. The van der Waals surface area contributed by atoms with Gasteiger partial charge in [0.2, 0.25) is 11.6 Å². The number of halogens is 4. The lowest BCUT2D eigenvalue weighted by Gasteiger charge is -2.32. The summed E-state index contributed by atoms with van der Waals surface area (Å²) < 4.78 is 43.5. The van der Waals surface area contributed by atoms with Gasteiger partial charge in [0.15, 0.2) is 5.82 Å². The van der Waals surface area contributed by atoms with E-state index in [-0.39, 0.29) is 30.6 Å². The van der Waals surface area contributed by atoms with Gasteiger partial charge in [-0.15, -0.1) is 0 Å². The average Bonchev–Trinajstić information content (AvgIpc) is 2.74. The molecule has 0 spiro atoms. The first-order valence-electron chi connectivity index (χ1n) is 9.52. The number of esters is 1. The van der Waals surface area contributed by atoms with Crippen molar-refractivity contribution < 1.29 is 27.6 Å². The Bertz CT molecular complexity index is 1020. The number of ether oxygens (including phenoxy) is 1. The third-order valence-electron chi connectivity index (χ3n) is 4.73. The summed E-state index contributed by atoms with van der Waals surface area (Å²) in [5.41, 5.74) is -1.58. The largest absolute Gasteiger partial charge is 0.466 e. The predicted molar refractivity (Wildman–Crippen MR) is 108 cm³/mol. The standard InChI is InChI=1S/C18H18ClF3N6O4/c1-2-32-17(29)10-4-3-5-27(8-10)16-13(28(30)31)15(24-9-25-16)26-14-12(19)6-11(7-23-14)18(20,21)22/h6-7,9-10H,2-5,8H2,1H3,(H,23,24,25,26). The molecule has 1 N–H and O–H groups in total. The van der Waals surface area contributed by atoms with Crippen molar-refractivity contribution in [2.75, 3.05) is 29.9 Å². The van der Waals surface area contributed by atoms with Gasteiger partial charge >= 0.3 is 17.8 Å². The minimum Gasteiger partial charge on any atom is -0.466 e. The monoisotopic (exact) mass is 474 g/mol. The van der Waals surface area contributed by atoms with Gasteiger partial charge in [-0.05, 0) is 25.8 Å². The van der Waals surface area contributed by atoms with Crippen LogP contribution < -0.4 is 10.2 Å². The van der Waals surface area contributed by atoms with Gasteiger partial charge in [0.05, 0.1) is 28.0 Å². The summed E-state index contributed by atoms with van der Waals surface area (Å²) in [4.78, 5) is 36.3. The summed E-state index contributed by atoms with van der Waals surface area (Å²) in [5.74, 6) is -1.44. The van der Waals surface area contributed by atoms with Crippen molar-refractivity contribution in [3.05, 3.63) is 39.3 Å². The maximum Gasteiger partial charge on any atom is 0.417 e. The minimum absolute atomic E-state index is 0.0375. The zero-order valence-electron chi connectivity index (χ0n) is 16.7. The molecule has 1 aliphatic heterocycles. The molecule has 1 saturated heterocycles. The number of alkyl halides is 3. The van der Waals surface area contributed by atoms with Crippen LogP contribution in [-0.4, -0.2) is 45.5 Å². The number of aromatic nitrogens is 3. The Labute approximate surface area is 184 Å². The van der Waals surface area contributed by atoms with Crippen LogP contribution in [0.2, 0.25) is 5.02 Å². The van der Waals surface area contributed by atoms with E-state index in [1.807, 2.05) is 0 Å². The van der Waals surface area contributed by atoms with Crippen LogP contribution in [0.3, 0.4) is 0 Å². The lowest BCUT2D eigenvalue weighted by atomic mass is 9.98. The Kier molecular flexibility index (Phi) is 6.96. The Morgan fingerprint density at radius 2 is 2.12 bits per heavy atom. The van der Waals surface area contributed by atoms with Crippen LogP contribution in [0, 0.1) is 16.0 Å². The Hall–Kier alpha value is -3.22. The summed E-state index contributed by atoms with van der Waals surface area (Å²) in [5, 5.41) is 13.9. The molecule has 14 heteroatoms. The van der Waals surface area contributed by atoms with Crippen LogP contribution in [0.1, 0.15) is 25.3 Å². The quantitative estimate of drug-likeness (QED) is 0.376. The van der Waals surface area contributed by atoms with E-state index in [9.17, 15) is 28.1 Å². The van der Waals surface area contributed by atoms with Gasteiger partial charge in [-0.2, -0.15) is 13.2 Å². The van der Waals surface area contributed by atoms with Crippen molar-refractivity contribution in [2.24, 2.45) is 5.92 Å². The topological polar surface area (TPSA) is 123 Å². The number of carbonyl (C=O) groups is 1. The SMILES string of the molecule is CCOC(=O)C1CCCN(c2ncnc(Nc3ncc(C(F)(F)F)cc3Cl)c2[N+](=O)[O-])C1. The molecule has 172 valence electrons. The van der Waals surface area contributed by atoms with E-state index < -0.39 is 39.3 Å². The molecule has 0 saturated carbocycles. The Morgan fingerprint density at radius 3 is 2.75 bits per heavy atom. The highest BCUT2D eigenvalue weighted by atomic mass is 35.5. The molecule has 0 aliphatic carbocycles. The van der Waals surface area contributed by atoms with E-state index >= 15 is 0 Å². The highest BCUT2D eigenvalue weighted by Gasteiger charge is 2.34. The summed E-state index contributed by atoms with van der Waals surface area (Å²) >= 11 is 5.89. The highest BCUT2D eigenvalue weighted by molar-refractivity contribution is 6.33. The Balaban J connectivity index is 1.92. The second-order valence-electron chi connectivity index (χ2n) is 6.87. The zero-order valence-corrected chi connectivity index (χ0v) is 17.5. The molecular weight excluding hydrogens is 457 g/mol. The summed E-state index contributed by atoms with van der Waals surface area (Å²) in [7, 11) is 0. The fraction of sp³-hybridized carbons (Fsp3) is 0.444. The van der Waals surface area contributed by atoms with Crippen LogP contribution in [0.25, 0.3) is 0 Å². The number of nitrogens with one attached hydrogen (secondary N) is 1. The zero-order chi connectivity index (χ0) is 23.5. The highest BCUT2D eigenvalue weighted by Crippen LogP contribution is 2.37. The number of nitro groups is 1. The van der Waals surface area contributed by atoms with Crippen LogP contribution in [0.15, 0.2) is 18.6 Å². The second-order valence-corrected chi connectivity index (χ2v) is 7.27. The number of hydrogen-bond acceptors (Lipinski definition) is 9. The molecule has 3 rings (SSSR count). The molecular formula is C18H18ClF3N6O4. The first-order chi connectivity index (χ1) is 15.1. The number of carbonyl (C=O) groups excluding carboxylic acids is 1. The molecule has 10 nitrogen and oxygen atoms in total. The molecule has 0 bridgehead atoms. The molecule has 1 unspecified atom stereocenters. The lowest BCUT2D eigenvalue weighted by molar-refractivity contribution is -0.383. The van der Waals surface area contributed by atoms with Gasteiger partial charge < -0.3 is 15.0 Å². The van der Waals surface area contributed by atoms with Crippen molar-refractivity contribution in [3.8, 4) is 0 Å². The van der Waals surface area contributed by atoms with Gasteiger partial charge in [-0.3, -0.25) is 14.9 Å². The van der Waals surface area contributed by atoms with E-state index in [1.165, 1.54) is 0 Å². The molecule has 0 amide bonds. The Morgan fingerprint density at radius 1 is 1.38 bits per heavy atom. The normalized spacial score (nSPS) is 16.5. The summed E-state index contributed by atoms with van der Waals surface area (Å²) in [6, 6.07) is 0.652. The molecule has 3 heterocycles. The first kappa shape index (κ1) is 23.4. The van der Waals surface area contributed by atoms with Crippen LogP contribution in [0.5, 0.6) is 0 Å². The number of anilines is 3. The van der Waals surface area contributed by atoms with Gasteiger partial charge in [-0.25, -0.2) is 15.0 Å².